The van der Waals surface area contributed by atoms with E-state index < -0.39 is 41.8 Å². The van der Waals surface area contributed by atoms with E-state index in [1.165, 1.54) is 0 Å². The Bertz CT molecular complexity index is 341. The molecule has 20 heavy (non-hydrogen) atoms. The van der Waals surface area contributed by atoms with Crippen LogP contribution in [-0.2, 0) is 0 Å². The predicted octanol–water partition coefficient (Wildman–Crippen LogP) is 4.16. The normalized spacial score (nSPS) is 15.9. The zero-order chi connectivity index (χ0) is 16.8. The Morgan fingerprint density at radius 2 is 0.900 bits per heavy atom. The Kier molecular flexibility index (Phi) is 4.58. The van der Waals surface area contributed by atoms with E-state index in [2.05, 4.69) is 0 Å². The Morgan fingerprint density at radius 1 is 0.550 bits per heavy atom. The first-order valence-corrected chi connectivity index (χ1v) is 4.09. The second kappa shape index (κ2) is 4.80. The van der Waals surface area contributed by atoms with Gasteiger partial charge in [0.15, 0.2) is 0 Å². The molecule has 0 radical (unpaired) electrons. The molecule has 0 atom stereocenters. The highest BCUT2D eigenvalue weighted by Gasteiger charge is 2.87. The maximum atomic E-state index is 12.5. The van der Waals surface area contributed by atoms with Crippen LogP contribution in [0.15, 0.2) is 0 Å². The van der Waals surface area contributed by atoms with Crippen molar-refractivity contribution in [2.45, 2.75) is 29.9 Å². The van der Waals surface area contributed by atoms with Gasteiger partial charge in [0, 0.05) is 5.34 Å². The van der Waals surface area contributed by atoms with Crippen molar-refractivity contribution < 1.29 is 57.3 Å². The van der Waals surface area contributed by atoms with Gasteiger partial charge in [0.2, 0.25) is 0 Å². The summed E-state index contributed by atoms with van der Waals surface area (Å²) in [5, 5.41) is -2.77. The highest BCUT2D eigenvalue weighted by Crippen LogP contribution is 2.57. The standard InChI is InChI=1S/C6H2F13N/c7-2(8,1-20(18)19)3(9,10)4(11,12)5(13,14)6(15,16)17/h1H2. The lowest BCUT2D eigenvalue weighted by Gasteiger charge is -2.37. The van der Waals surface area contributed by atoms with Crippen LogP contribution in [0, 0.1) is 0 Å². The van der Waals surface area contributed by atoms with E-state index in [1.54, 1.807) is 0 Å². The molecule has 0 aromatic heterocycles. The number of hydrogen-bond acceptors (Lipinski definition) is 1. The fraction of sp³-hybridized carbons (Fsp3) is 1.00. The molecule has 0 saturated heterocycles. The van der Waals surface area contributed by atoms with Crippen LogP contribution in [0.4, 0.5) is 57.3 Å². The minimum Gasteiger partial charge on any atom is -0.198 e. The molecule has 0 aromatic rings. The van der Waals surface area contributed by atoms with E-state index in [9.17, 15) is 57.3 Å². The first-order valence-electron chi connectivity index (χ1n) is 4.09. The molecular formula is C6H2F13N. The van der Waals surface area contributed by atoms with Gasteiger partial charge in [-0.1, -0.05) is 0 Å². The summed E-state index contributed by atoms with van der Waals surface area (Å²) in [5.74, 6) is -29.2. The van der Waals surface area contributed by atoms with Gasteiger partial charge in [-0.2, -0.15) is 48.3 Å². The molecule has 0 unspecified atom stereocenters. The summed E-state index contributed by atoms with van der Waals surface area (Å²) in [7, 11) is 0. The quantitative estimate of drug-likeness (QED) is 0.539. The van der Waals surface area contributed by atoms with Crippen LogP contribution in [-0.4, -0.2) is 41.8 Å². The van der Waals surface area contributed by atoms with Gasteiger partial charge in [0.1, 0.15) is 6.54 Å². The zero-order valence-electron chi connectivity index (χ0n) is 8.57. The Morgan fingerprint density at radius 3 is 1.15 bits per heavy atom. The van der Waals surface area contributed by atoms with Crippen molar-refractivity contribution in [3.05, 3.63) is 0 Å². The molecular weight excluding hydrogens is 333 g/mol. The van der Waals surface area contributed by atoms with Gasteiger partial charge >= 0.3 is 29.9 Å². The summed E-state index contributed by atoms with van der Waals surface area (Å²) in [6.07, 6.45) is -7.30. The smallest absolute Gasteiger partial charge is 0.198 e. The molecule has 14 heteroatoms. The van der Waals surface area contributed by atoms with Crippen LogP contribution in [0.25, 0.3) is 0 Å². The molecule has 0 aromatic carbocycles. The van der Waals surface area contributed by atoms with Gasteiger partial charge in [-0.25, -0.2) is 0 Å². The van der Waals surface area contributed by atoms with Gasteiger partial charge < -0.3 is 0 Å². The fourth-order valence-electron chi connectivity index (χ4n) is 0.854. The van der Waals surface area contributed by atoms with Crippen LogP contribution in [0.5, 0.6) is 0 Å². The number of hydrogen-bond donors (Lipinski definition) is 0. The summed E-state index contributed by atoms with van der Waals surface area (Å²) in [5.41, 5.74) is 0. The lowest BCUT2D eigenvalue weighted by atomic mass is 9.98. The predicted molar refractivity (Wildman–Crippen MR) is 34.8 cm³/mol. The molecule has 0 amide bonds. The summed E-state index contributed by atoms with van der Waals surface area (Å²) in [6, 6.07) is 0. The first kappa shape index (κ1) is 19.1. The monoisotopic (exact) mass is 335 g/mol. The average Bonchev–Trinajstić information content (AvgIpc) is 2.12. The van der Waals surface area contributed by atoms with E-state index in [0.29, 0.717) is 0 Å². The van der Waals surface area contributed by atoms with E-state index in [4.69, 9.17) is 0 Å². The van der Waals surface area contributed by atoms with Crippen molar-refractivity contribution in [3.8, 4) is 0 Å². The van der Waals surface area contributed by atoms with Gasteiger partial charge in [-0.3, -0.25) is 0 Å². The van der Waals surface area contributed by atoms with Crippen LogP contribution >= 0.6 is 0 Å². The maximum absolute atomic E-state index is 12.5. The molecule has 0 aliphatic heterocycles. The molecule has 0 heterocycles. The molecule has 0 spiro atoms. The van der Waals surface area contributed by atoms with Crippen molar-refractivity contribution in [2.24, 2.45) is 0 Å². The third-order valence-electron chi connectivity index (χ3n) is 1.92. The fourth-order valence-corrected chi connectivity index (χ4v) is 0.854. The second-order valence-electron chi connectivity index (χ2n) is 3.39. The van der Waals surface area contributed by atoms with E-state index >= 15 is 0 Å². The maximum Gasteiger partial charge on any atom is 0.460 e. The summed E-state index contributed by atoms with van der Waals surface area (Å²) < 4.78 is 156. The molecule has 0 bridgehead atoms. The molecule has 0 aliphatic carbocycles. The molecule has 0 fully saturated rings. The van der Waals surface area contributed by atoms with Crippen LogP contribution < -0.4 is 0 Å². The zero-order valence-corrected chi connectivity index (χ0v) is 8.57. The average molecular weight is 335 g/mol. The SMILES string of the molecule is FN(F)CC(F)(F)C(F)(F)C(F)(F)C(F)(F)C(F)(F)F. The van der Waals surface area contributed by atoms with Crippen molar-refractivity contribution >= 4 is 0 Å². The Hall–Kier alpha value is -0.950. The van der Waals surface area contributed by atoms with Crippen molar-refractivity contribution in [1.82, 2.24) is 5.34 Å². The van der Waals surface area contributed by atoms with Crippen molar-refractivity contribution in [1.29, 1.82) is 0 Å². The minimum atomic E-state index is -7.66. The lowest BCUT2D eigenvalue weighted by Crippen LogP contribution is -2.67. The van der Waals surface area contributed by atoms with E-state index in [1.807, 2.05) is 0 Å². The van der Waals surface area contributed by atoms with Crippen LogP contribution in [0.1, 0.15) is 0 Å². The summed E-state index contributed by atoms with van der Waals surface area (Å²) in [4.78, 5) is 0. The summed E-state index contributed by atoms with van der Waals surface area (Å²) >= 11 is 0. The molecule has 0 aliphatic rings. The van der Waals surface area contributed by atoms with Crippen LogP contribution in [0.2, 0.25) is 0 Å². The first-order chi connectivity index (χ1) is 8.42. The topological polar surface area (TPSA) is 3.24 Å². The molecule has 0 saturated carbocycles. The second-order valence-corrected chi connectivity index (χ2v) is 3.39. The number of rotatable bonds is 5. The van der Waals surface area contributed by atoms with E-state index in [-0.39, 0.29) is 0 Å². The van der Waals surface area contributed by atoms with Crippen LogP contribution in [0.3, 0.4) is 0 Å². The van der Waals surface area contributed by atoms with Gasteiger partial charge in [0.05, 0.1) is 0 Å². The largest absolute Gasteiger partial charge is 0.460 e. The van der Waals surface area contributed by atoms with Crippen molar-refractivity contribution in [3.63, 3.8) is 0 Å². The number of nitrogens with zero attached hydrogens (tertiary/aromatic N) is 1. The highest BCUT2D eigenvalue weighted by molar-refractivity contribution is 5.06. The summed E-state index contributed by atoms with van der Waals surface area (Å²) in [6.45, 7) is -3.48. The van der Waals surface area contributed by atoms with Gasteiger partial charge in [-0.05, 0) is 0 Å². The third-order valence-corrected chi connectivity index (χ3v) is 1.92. The van der Waals surface area contributed by atoms with Gasteiger partial charge in [-0.15, -0.1) is 8.96 Å². The molecule has 0 N–H and O–H groups in total. The Balaban J connectivity index is 5.80. The Labute approximate surface area is 100 Å². The third kappa shape index (κ3) is 2.74. The van der Waals surface area contributed by atoms with Gasteiger partial charge in [0.25, 0.3) is 0 Å². The molecule has 1 nitrogen and oxygen atoms in total. The lowest BCUT2D eigenvalue weighted by molar-refractivity contribution is -0.426. The molecule has 0 rings (SSSR count). The molecule has 122 valence electrons. The minimum absolute atomic E-state index is 2.77. The van der Waals surface area contributed by atoms with E-state index in [0.717, 1.165) is 0 Å². The van der Waals surface area contributed by atoms with Crippen molar-refractivity contribution in [2.75, 3.05) is 6.54 Å². The number of alkyl halides is 11. The number of halogens is 13. The highest BCUT2D eigenvalue weighted by atomic mass is 19.4.